The summed E-state index contributed by atoms with van der Waals surface area (Å²) in [4.78, 5) is 25.1. The molecule has 28 heavy (non-hydrogen) atoms. The molecular formula is C20H35NO7. The standard InChI is InChI=1S/C20H35NO7/c1-7-24-15-18(14-17(4)20(23)27-9-8-21(5)6)26-12-10-25-11-13-28-19(22)16(2)3/h18H,2,4,7-15H2,1,3,5-6H3. The maximum atomic E-state index is 12.0. The zero-order chi connectivity index (χ0) is 21.4. The Labute approximate surface area is 168 Å². The first-order valence-electron chi connectivity index (χ1n) is 9.37. The highest BCUT2D eigenvalue weighted by molar-refractivity contribution is 5.87. The fraction of sp³-hybridized carbons (Fsp3) is 0.700. The molecule has 0 aliphatic rings. The predicted octanol–water partition coefficient (Wildman–Crippen LogP) is 1.60. The van der Waals surface area contributed by atoms with Gasteiger partial charge >= 0.3 is 11.9 Å². The van der Waals surface area contributed by atoms with E-state index in [-0.39, 0.29) is 19.3 Å². The van der Waals surface area contributed by atoms with Crippen LogP contribution in [0.1, 0.15) is 20.3 Å². The summed E-state index contributed by atoms with van der Waals surface area (Å²) in [5, 5.41) is 0. The van der Waals surface area contributed by atoms with Crippen LogP contribution in [0.15, 0.2) is 24.3 Å². The molecule has 1 unspecified atom stereocenters. The molecule has 8 nitrogen and oxygen atoms in total. The molecule has 0 saturated carbocycles. The molecule has 0 fully saturated rings. The van der Waals surface area contributed by atoms with E-state index in [9.17, 15) is 9.59 Å². The third kappa shape index (κ3) is 14.3. The van der Waals surface area contributed by atoms with Crippen molar-refractivity contribution in [3.63, 3.8) is 0 Å². The van der Waals surface area contributed by atoms with Crippen molar-refractivity contribution in [2.45, 2.75) is 26.4 Å². The average molecular weight is 402 g/mol. The van der Waals surface area contributed by atoms with Crippen molar-refractivity contribution in [1.82, 2.24) is 4.90 Å². The van der Waals surface area contributed by atoms with E-state index >= 15 is 0 Å². The first-order chi connectivity index (χ1) is 13.3. The Kier molecular flexibility index (Phi) is 15.2. The Morgan fingerprint density at radius 3 is 2.18 bits per heavy atom. The monoisotopic (exact) mass is 401 g/mol. The van der Waals surface area contributed by atoms with Crippen LogP contribution in [0.5, 0.6) is 0 Å². The highest BCUT2D eigenvalue weighted by Crippen LogP contribution is 2.10. The van der Waals surface area contributed by atoms with Crippen molar-refractivity contribution in [2.24, 2.45) is 0 Å². The maximum absolute atomic E-state index is 12.0. The SMILES string of the molecule is C=C(C)C(=O)OCCOCCOC(COCC)CC(=C)C(=O)OCCN(C)C. The van der Waals surface area contributed by atoms with Gasteiger partial charge in [0.1, 0.15) is 13.2 Å². The second kappa shape index (κ2) is 16.2. The van der Waals surface area contributed by atoms with E-state index in [1.807, 2.05) is 25.9 Å². The van der Waals surface area contributed by atoms with Crippen molar-refractivity contribution < 1.29 is 33.3 Å². The maximum Gasteiger partial charge on any atom is 0.333 e. The fourth-order valence-electron chi connectivity index (χ4n) is 1.89. The third-order valence-corrected chi connectivity index (χ3v) is 3.43. The molecule has 8 heteroatoms. The zero-order valence-corrected chi connectivity index (χ0v) is 17.7. The smallest absolute Gasteiger partial charge is 0.333 e. The van der Waals surface area contributed by atoms with Gasteiger partial charge in [-0.25, -0.2) is 9.59 Å². The Hall–Kier alpha value is -1.74. The van der Waals surface area contributed by atoms with Gasteiger partial charge in [0.15, 0.2) is 0 Å². The molecule has 0 aliphatic carbocycles. The van der Waals surface area contributed by atoms with Gasteiger partial charge in [0.25, 0.3) is 0 Å². The van der Waals surface area contributed by atoms with Gasteiger partial charge in [-0.05, 0) is 27.9 Å². The Bertz CT molecular complexity index is 491. The fourth-order valence-corrected chi connectivity index (χ4v) is 1.89. The van der Waals surface area contributed by atoms with Crippen LogP contribution in [-0.4, -0.2) is 89.8 Å². The minimum atomic E-state index is -0.437. The Morgan fingerprint density at radius 2 is 1.57 bits per heavy atom. The number of nitrogens with zero attached hydrogens (tertiary/aromatic N) is 1. The van der Waals surface area contributed by atoms with Crippen LogP contribution in [0.2, 0.25) is 0 Å². The molecule has 0 heterocycles. The van der Waals surface area contributed by atoms with Gasteiger partial charge in [-0.1, -0.05) is 13.2 Å². The van der Waals surface area contributed by atoms with E-state index in [2.05, 4.69) is 13.2 Å². The predicted molar refractivity (Wildman–Crippen MR) is 106 cm³/mol. The number of rotatable bonds is 17. The minimum absolute atomic E-state index is 0.156. The van der Waals surface area contributed by atoms with Gasteiger partial charge < -0.3 is 28.6 Å². The summed E-state index contributed by atoms with van der Waals surface area (Å²) >= 11 is 0. The molecule has 0 aromatic carbocycles. The lowest BCUT2D eigenvalue weighted by atomic mass is 10.1. The van der Waals surface area contributed by atoms with Gasteiger partial charge in [0, 0.05) is 30.7 Å². The molecule has 0 N–H and O–H groups in total. The molecule has 0 spiro atoms. The van der Waals surface area contributed by atoms with Crippen LogP contribution in [0.3, 0.4) is 0 Å². The average Bonchev–Trinajstić information content (AvgIpc) is 2.64. The lowest BCUT2D eigenvalue weighted by molar-refractivity contribution is -0.141. The summed E-state index contributed by atoms with van der Waals surface area (Å²) < 4.78 is 26.6. The van der Waals surface area contributed by atoms with E-state index in [0.717, 1.165) is 0 Å². The van der Waals surface area contributed by atoms with E-state index < -0.39 is 11.9 Å². The molecule has 0 rings (SSSR count). The highest BCUT2D eigenvalue weighted by Gasteiger charge is 2.17. The molecular weight excluding hydrogens is 366 g/mol. The number of ether oxygens (including phenoxy) is 5. The van der Waals surface area contributed by atoms with Gasteiger partial charge in [-0.2, -0.15) is 0 Å². The number of likely N-dealkylation sites (N-methyl/N-ethyl adjacent to an activating group) is 1. The normalized spacial score (nSPS) is 11.9. The van der Waals surface area contributed by atoms with E-state index in [4.69, 9.17) is 23.7 Å². The van der Waals surface area contributed by atoms with Crippen molar-refractivity contribution in [3.8, 4) is 0 Å². The van der Waals surface area contributed by atoms with Gasteiger partial charge in [0.05, 0.1) is 32.5 Å². The number of carbonyl (C=O) groups excluding carboxylic acids is 2. The molecule has 0 aromatic heterocycles. The summed E-state index contributed by atoms with van der Waals surface area (Å²) in [6.07, 6.45) is -0.00417. The van der Waals surface area contributed by atoms with Crippen LogP contribution in [0.25, 0.3) is 0 Å². The quantitative estimate of drug-likeness (QED) is 0.206. The summed E-state index contributed by atoms with van der Waals surface area (Å²) in [6, 6.07) is 0. The molecule has 0 aliphatic heterocycles. The number of hydrogen-bond acceptors (Lipinski definition) is 8. The number of hydrogen-bond donors (Lipinski definition) is 0. The molecule has 1 atom stereocenters. The second-order valence-electron chi connectivity index (χ2n) is 6.43. The number of carbonyl (C=O) groups is 2. The van der Waals surface area contributed by atoms with Crippen molar-refractivity contribution in [1.29, 1.82) is 0 Å². The van der Waals surface area contributed by atoms with Crippen LogP contribution in [-0.2, 0) is 33.3 Å². The summed E-state index contributed by atoms with van der Waals surface area (Å²) in [6.45, 7) is 13.7. The van der Waals surface area contributed by atoms with Crippen LogP contribution < -0.4 is 0 Å². The molecule has 162 valence electrons. The van der Waals surface area contributed by atoms with Crippen LogP contribution in [0.4, 0.5) is 0 Å². The topological polar surface area (TPSA) is 83.5 Å². The Morgan fingerprint density at radius 1 is 0.929 bits per heavy atom. The van der Waals surface area contributed by atoms with Crippen LogP contribution in [0, 0.1) is 0 Å². The zero-order valence-electron chi connectivity index (χ0n) is 17.7. The minimum Gasteiger partial charge on any atom is -0.461 e. The lowest BCUT2D eigenvalue weighted by Gasteiger charge is -2.19. The molecule has 0 saturated heterocycles. The first-order valence-corrected chi connectivity index (χ1v) is 9.37. The van der Waals surface area contributed by atoms with Crippen molar-refractivity contribution in [2.75, 3.05) is 66.9 Å². The number of esters is 2. The van der Waals surface area contributed by atoms with E-state index in [1.54, 1.807) is 6.92 Å². The summed E-state index contributed by atoms with van der Waals surface area (Å²) in [7, 11) is 3.81. The summed E-state index contributed by atoms with van der Waals surface area (Å²) in [5.41, 5.74) is 0.693. The van der Waals surface area contributed by atoms with Gasteiger partial charge in [-0.3, -0.25) is 0 Å². The van der Waals surface area contributed by atoms with E-state index in [0.29, 0.717) is 57.1 Å². The van der Waals surface area contributed by atoms with Crippen molar-refractivity contribution >= 4 is 11.9 Å². The van der Waals surface area contributed by atoms with Gasteiger partial charge in [-0.15, -0.1) is 0 Å². The van der Waals surface area contributed by atoms with Crippen molar-refractivity contribution in [3.05, 3.63) is 24.3 Å². The summed E-state index contributed by atoms with van der Waals surface area (Å²) in [5.74, 6) is -0.866. The Balaban J connectivity index is 4.09. The lowest BCUT2D eigenvalue weighted by Crippen LogP contribution is -2.26. The van der Waals surface area contributed by atoms with Gasteiger partial charge in [0.2, 0.25) is 0 Å². The molecule has 0 aromatic rings. The third-order valence-electron chi connectivity index (χ3n) is 3.43. The first kappa shape index (κ1) is 26.3. The highest BCUT2D eigenvalue weighted by atomic mass is 16.6. The molecule has 0 amide bonds. The largest absolute Gasteiger partial charge is 0.461 e. The second-order valence-corrected chi connectivity index (χ2v) is 6.43. The molecule has 0 bridgehead atoms. The van der Waals surface area contributed by atoms with Crippen LogP contribution >= 0.6 is 0 Å². The van der Waals surface area contributed by atoms with E-state index in [1.165, 1.54) is 0 Å². The molecule has 0 radical (unpaired) electrons.